The fourth-order valence-electron chi connectivity index (χ4n) is 3.03. The molecule has 0 aliphatic heterocycles. The van der Waals surface area contributed by atoms with Gasteiger partial charge in [0.2, 0.25) is 0 Å². The number of terminal acetylenes is 1. The molecule has 166 valence electrons. The molecule has 1 aromatic heterocycles. The number of likely N-dealkylation sites (N-methyl/N-ethyl adjacent to an activating group) is 1. The molecule has 3 N–H and O–H groups in total. The van der Waals surface area contributed by atoms with Gasteiger partial charge in [-0.1, -0.05) is 29.7 Å². The summed E-state index contributed by atoms with van der Waals surface area (Å²) in [7, 11) is 1.77. The monoisotopic (exact) mass is 474 g/mol. The van der Waals surface area contributed by atoms with Gasteiger partial charge in [-0.2, -0.15) is 0 Å². The van der Waals surface area contributed by atoms with Crippen molar-refractivity contribution in [3.05, 3.63) is 75.3 Å². The van der Waals surface area contributed by atoms with Crippen molar-refractivity contribution < 1.29 is 13.6 Å². The Morgan fingerprint density at radius 1 is 1.22 bits per heavy atom. The molecule has 1 atom stereocenters. The zero-order valence-electron chi connectivity index (χ0n) is 17.4. The van der Waals surface area contributed by atoms with E-state index in [1.807, 2.05) is 6.92 Å². The van der Waals surface area contributed by atoms with E-state index in [0.717, 1.165) is 29.0 Å². The highest BCUT2D eigenvalue weighted by Gasteiger charge is 2.30. The maximum atomic E-state index is 14.5. The van der Waals surface area contributed by atoms with Crippen LogP contribution in [0.15, 0.2) is 41.8 Å². The minimum absolute atomic E-state index is 0.176. The lowest BCUT2D eigenvalue weighted by molar-refractivity contribution is 0.101. The van der Waals surface area contributed by atoms with E-state index >= 15 is 0 Å². The van der Waals surface area contributed by atoms with Crippen molar-refractivity contribution in [1.29, 1.82) is 0 Å². The van der Waals surface area contributed by atoms with Crippen LogP contribution in [0.3, 0.4) is 0 Å². The molecule has 5 nitrogen and oxygen atoms in total. The number of halogens is 3. The number of nitrogens with one attached hydrogen (secondary N) is 3. The van der Waals surface area contributed by atoms with E-state index < -0.39 is 28.5 Å². The van der Waals surface area contributed by atoms with E-state index in [9.17, 15) is 13.6 Å². The predicted octanol–water partition coefficient (Wildman–Crippen LogP) is 4.90. The standard InChI is InChI=1S/C23H21ClF2N4OS/c1-4-23(2,14-5-7-15(24)8-6-14)19-13-32-22(29-19)30-21(31)20-17(25)11-16(12-18(20)26)28-10-9-27-3/h1,5-8,11-13,27-28H,9-10H2,2-3H3,(H,29,30,31)/t23-/m0/s1. The average molecular weight is 475 g/mol. The molecule has 0 saturated heterocycles. The summed E-state index contributed by atoms with van der Waals surface area (Å²) in [5.74, 6) is -0.145. The first-order chi connectivity index (χ1) is 15.3. The Kier molecular flexibility index (Phi) is 7.46. The maximum absolute atomic E-state index is 14.5. The summed E-state index contributed by atoms with van der Waals surface area (Å²) in [5, 5.41) is 10.7. The van der Waals surface area contributed by atoms with Gasteiger partial charge >= 0.3 is 0 Å². The van der Waals surface area contributed by atoms with Crippen molar-refractivity contribution in [2.75, 3.05) is 30.8 Å². The third-order valence-corrected chi connectivity index (χ3v) is 5.93. The van der Waals surface area contributed by atoms with Crippen LogP contribution in [-0.4, -0.2) is 31.0 Å². The molecule has 9 heteroatoms. The Morgan fingerprint density at radius 3 is 2.47 bits per heavy atom. The fourth-order valence-corrected chi connectivity index (χ4v) is 3.97. The third-order valence-electron chi connectivity index (χ3n) is 4.92. The lowest BCUT2D eigenvalue weighted by Gasteiger charge is -2.22. The van der Waals surface area contributed by atoms with Gasteiger partial charge in [-0.25, -0.2) is 13.8 Å². The number of hydrogen-bond acceptors (Lipinski definition) is 5. The van der Waals surface area contributed by atoms with Crippen LogP contribution in [0.2, 0.25) is 5.02 Å². The minimum Gasteiger partial charge on any atom is -0.384 e. The van der Waals surface area contributed by atoms with Gasteiger partial charge in [0.25, 0.3) is 5.91 Å². The Labute approximate surface area is 194 Å². The number of anilines is 2. The lowest BCUT2D eigenvalue weighted by Crippen LogP contribution is -2.22. The van der Waals surface area contributed by atoms with Crippen LogP contribution in [0.25, 0.3) is 0 Å². The molecule has 2 aromatic carbocycles. The molecule has 0 spiro atoms. The molecule has 3 rings (SSSR count). The topological polar surface area (TPSA) is 66.1 Å². The Morgan fingerprint density at radius 2 is 1.88 bits per heavy atom. The second-order valence-electron chi connectivity index (χ2n) is 7.11. The zero-order chi connectivity index (χ0) is 23.3. The summed E-state index contributed by atoms with van der Waals surface area (Å²) in [4.78, 5) is 16.9. The van der Waals surface area contributed by atoms with E-state index in [4.69, 9.17) is 18.0 Å². The number of hydrogen-bond donors (Lipinski definition) is 3. The molecule has 0 fully saturated rings. The second kappa shape index (κ2) is 10.1. The molecule has 1 heterocycles. The molecule has 0 aliphatic rings. The molecule has 0 aliphatic carbocycles. The summed E-state index contributed by atoms with van der Waals surface area (Å²) in [6.07, 6.45) is 5.79. The molecule has 32 heavy (non-hydrogen) atoms. The largest absolute Gasteiger partial charge is 0.384 e. The Balaban J connectivity index is 1.80. The van der Waals surface area contributed by atoms with E-state index in [-0.39, 0.29) is 10.8 Å². The van der Waals surface area contributed by atoms with E-state index in [1.54, 1.807) is 36.7 Å². The number of aromatic nitrogens is 1. The number of rotatable bonds is 8. The Hall–Kier alpha value is -2.99. The van der Waals surface area contributed by atoms with Gasteiger partial charge in [0, 0.05) is 29.2 Å². The average Bonchev–Trinajstić information content (AvgIpc) is 3.22. The molecule has 0 bridgehead atoms. The molecular weight excluding hydrogens is 454 g/mol. The van der Waals surface area contributed by atoms with Gasteiger partial charge in [0.05, 0.1) is 11.1 Å². The van der Waals surface area contributed by atoms with Gasteiger partial charge in [0.15, 0.2) is 5.13 Å². The molecular formula is C23H21ClF2N4OS. The normalized spacial score (nSPS) is 12.6. The van der Waals surface area contributed by atoms with Crippen LogP contribution >= 0.6 is 22.9 Å². The van der Waals surface area contributed by atoms with Crippen molar-refractivity contribution in [3.63, 3.8) is 0 Å². The highest BCUT2D eigenvalue weighted by atomic mass is 35.5. The first-order valence-electron chi connectivity index (χ1n) is 9.67. The number of nitrogens with zero attached hydrogens (tertiary/aromatic N) is 1. The number of benzene rings is 2. The second-order valence-corrected chi connectivity index (χ2v) is 8.41. The minimum atomic E-state index is -0.971. The van der Waals surface area contributed by atoms with Gasteiger partial charge in [-0.15, -0.1) is 17.8 Å². The highest BCUT2D eigenvalue weighted by Crippen LogP contribution is 2.34. The van der Waals surface area contributed by atoms with Crippen molar-refractivity contribution in [2.45, 2.75) is 12.3 Å². The van der Waals surface area contributed by atoms with Crippen LogP contribution in [0.1, 0.15) is 28.5 Å². The van der Waals surface area contributed by atoms with Crippen LogP contribution in [0.5, 0.6) is 0 Å². The van der Waals surface area contributed by atoms with Crippen LogP contribution in [0, 0.1) is 24.0 Å². The number of amides is 1. The van der Waals surface area contributed by atoms with Crippen molar-refractivity contribution >= 4 is 39.7 Å². The molecule has 3 aromatic rings. The van der Waals surface area contributed by atoms with Crippen molar-refractivity contribution in [2.24, 2.45) is 0 Å². The summed E-state index contributed by atoms with van der Waals surface area (Å²) in [5.41, 5.74) is 0.00871. The maximum Gasteiger partial charge on any atom is 0.263 e. The zero-order valence-corrected chi connectivity index (χ0v) is 19.0. The summed E-state index contributed by atoms with van der Waals surface area (Å²) >= 11 is 7.07. The highest BCUT2D eigenvalue weighted by molar-refractivity contribution is 7.14. The molecule has 1 amide bonds. The first kappa shape index (κ1) is 23.7. The SMILES string of the molecule is C#C[C@@](C)(c1ccc(Cl)cc1)c1csc(NC(=O)c2c(F)cc(NCCNC)cc2F)n1. The quantitative estimate of drug-likeness (QED) is 0.321. The summed E-state index contributed by atoms with van der Waals surface area (Å²) in [6, 6.07) is 9.22. The molecule has 0 radical (unpaired) electrons. The van der Waals surface area contributed by atoms with E-state index in [0.29, 0.717) is 23.8 Å². The lowest BCUT2D eigenvalue weighted by atomic mass is 9.81. The van der Waals surface area contributed by atoms with Crippen LogP contribution < -0.4 is 16.0 Å². The molecule has 0 saturated carbocycles. The van der Waals surface area contributed by atoms with Gasteiger partial charge in [-0.05, 0) is 43.8 Å². The van der Waals surface area contributed by atoms with E-state index in [1.165, 1.54) is 0 Å². The van der Waals surface area contributed by atoms with Gasteiger partial charge < -0.3 is 10.6 Å². The van der Waals surface area contributed by atoms with Crippen LogP contribution in [-0.2, 0) is 5.41 Å². The summed E-state index contributed by atoms with van der Waals surface area (Å²) in [6.45, 7) is 2.91. The van der Waals surface area contributed by atoms with Gasteiger partial charge in [-0.3, -0.25) is 10.1 Å². The predicted molar refractivity (Wildman–Crippen MR) is 126 cm³/mol. The molecule has 0 unspecified atom stereocenters. The number of thiazole rings is 1. The number of carbonyl (C=O) groups is 1. The van der Waals surface area contributed by atoms with Crippen molar-refractivity contribution in [3.8, 4) is 12.3 Å². The summed E-state index contributed by atoms with van der Waals surface area (Å²) < 4.78 is 28.9. The fraction of sp³-hybridized carbons (Fsp3) is 0.217. The number of carbonyl (C=O) groups excluding carboxylic acids is 1. The van der Waals surface area contributed by atoms with Crippen molar-refractivity contribution in [1.82, 2.24) is 10.3 Å². The van der Waals surface area contributed by atoms with Crippen LogP contribution in [0.4, 0.5) is 19.6 Å². The van der Waals surface area contributed by atoms with E-state index in [2.05, 4.69) is 26.9 Å². The van der Waals surface area contributed by atoms with Gasteiger partial charge in [0.1, 0.15) is 17.2 Å². The smallest absolute Gasteiger partial charge is 0.263 e. The third kappa shape index (κ3) is 5.07. The Bertz CT molecular complexity index is 1140. The first-order valence-corrected chi connectivity index (χ1v) is 10.9.